The van der Waals surface area contributed by atoms with Gasteiger partial charge in [0.2, 0.25) is 0 Å². The molecule has 112 valence electrons. The SMILES string of the molecule is CN1C(Cl)(C(Cl)(Cl)Cl)N(C)P12(Cl)Oc1ccccc1O2. The van der Waals surface area contributed by atoms with Gasteiger partial charge in [-0.05, 0) is 0 Å². The predicted molar refractivity (Wildman–Crippen MR) is 84.9 cm³/mol. The maximum absolute atomic E-state index is 6.73. The molecule has 0 saturated carbocycles. The summed E-state index contributed by atoms with van der Waals surface area (Å²) in [5.74, 6) is 1.06. The van der Waals surface area contributed by atoms with Crippen molar-refractivity contribution in [3.63, 3.8) is 0 Å². The molecule has 2 aliphatic heterocycles. The van der Waals surface area contributed by atoms with E-state index in [0.29, 0.717) is 11.5 Å². The van der Waals surface area contributed by atoms with Crippen LogP contribution < -0.4 is 9.05 Å². The number of alkyl halides is 4. The summed E-state index contributed by atoms with van der Waals surface area (Å²) in [4.78, 5) is 0. The van der Waals surface area contributed by atoms with E-state index in [1.807, 2.05) is 12.1 Å². The van der Waals surface area contributed by atoms with Crippen molar-refractivity contribution >= 4 is 64.4 Å². The predicted octanol–water partition coefficient (Wildman–Crippen LogP) is 4.96. The molecule has 0 N–H and O–H groups in total. The quantitative estimate of drug-likeness (QED) is 0.350. The molecule has 0 unspecified atom stereocenters. The molecule has 2 heterocycles. The van der Waals surface area contributed by atoms with E-state index in [-0.39, 0.29) is 0 Å². The zero-order valence-electron chi connectivity index (χ0n) is 10.4. The van der Waals surface area contributed by atoms with Gasteiger partial charge in [0, 0.05) is 0 Å². The maximum atomic E-state index is 6.73. The third-order valence-corrected chi connectivity index (χ3v) is 11.0. The summed E-state index contributed by atoms with van der Waals surface area (Å²) >= 11 is 31.1. The van der Waals surface area contributed by atoms with Crippen LogP contribution in [0.3, 0.4) is 0 Å². The molecular formula is C10H10Cl5N2O2P. The van der Waals surface area contributed by atoms with Gasteiger partial charge in [0.1, 0.15) is 0 Å². The summed E-state index contributed by atoms with van der Waals surface area (Å²) in [6.07, 6.45) is 0. The summed E-state index contributed by atoms with van der Waals surface area (Å²) in [5.41, 5.74) is 0. The number of para-hydroxylation sites is 2. The molecule has 10 heteroatoms. The van der Waals surface area contributed by atoms with Crippen LogP contribution in [-0.2, 0) is 0 Å². The van der Waals surface area contributed by atoms with Crippen LogP contribution in [0.15, 0.2) is 24.3 Å². The van der Waals surface area contributed by atoms with Gasteiger partial charge in [-0.25, -0.2) is 0 Å². The molecule has 0 aliphatic carbocycles. The number of hydrogen-bond donors (Lipinski definition) is 0. The molecule has 0 bridgehead atoms. The Kier molecular flexibility index (Phi) is 3.20. The van der Waals surface area contributed by atoms with Gasteiger partial charge < -0.3 is 0 Å². The van der Waals surface area contributed by atoms with E-state index in [1.165, 1.54) is 9.34 Å². The second-order valence-corrected chi connectivity index (χ2v) is 12.2. The average Bonchev–Trinajstić information content (AvgIpc) is 2.71. The van der Waals surface area contributed by atoms with Crippen molar-refractivity contribution in [1.29, 1.82) is 0 Å². The summed E-state index contributed by atoms with van der Waals surface area (Å²) in [6, 6.07) is 7.14. The Morgan fingerprint density at radius 1 is 1.05 bits per heavy atom. The van der Waals surface area contributed by atoms with Gasteiger partial charge in [0.25, 0.3) is 0 Å². The van der Waals surface area contributed by atoms with Gasteiger partial charge in [-0.3, -0.25) is 0 Å². The Labute approximate surface area is 141 Å². The van der Waals surface area contributed by atoms with Crippen molar-refractivity contribution in [2.45, 2.75) is 8.91 Å². The van der Waals surface area contributed by atoms with Crippen LogP contribution in [-0.4, -0.2) is 32.4 Å². The van der Waals surface area contributed by atoms with Gasteiger partial charge in [-0.15, -0.1) is 0 Å². The van der Waals surface area contributed by atoms with Gasteiger partial charge in [-0.1, -0.05) is 0 Å². The molecule has 0 radical (unpaired) electrons. The number of rotatable bonds is 0. The Hall–Kier alpha value is 0.620. The van der Waals surface area contributed by atoms with Crippen LogP contribution in [0, 0.1) is 0 Å². The van der Waals surface area contributed by atoms with Crippen LogP contribution in [0.25, 0.3) is 0 Å². The van der Waals surface area contributed by atoms with E-state index >= 15 is 0 Å². The molecule has 0 amide bonds. The standard InChI is InChI=1S/C10H10Cl5N2O2P/c1-16-10(14,9(11,12)13)17(2)20(16,15)18-7-5-3-4-6-8(7)19-20/h3-6H,1-2H3. The first-order valence-electron chi connectivity index (χ1n) is 5.52. The van der Waals surface area contributed by atoms with Gasteiger partial charge >= 0.3 is 142 Å². The van der Waals surface area contributed by atoms with E-state index in [1.54, 1.807) is 26.2 Å². The van der Waals surface area contributed by atoms with Crippen molar-refractivity contribution in [3.8, 4) is 11.5 Å². The Morgan fingerprint density at radius 3 is 1.80 bits per heavy atom. The minimum atomic E-state index is -3.87. The Morgan fingerprint density at radius 2 is 1.45 bits per heavy atom. The molecule has 1 fully saturated rings. The molecule has 0 atom stereocenters. The number of nitrogens with zero attached hydrogens (tertiary/aromatic N) is 2. The fourth-order valence-electron chi connectivity index (χ4n) is 2.37. The molecular weight excluding hydrogens is 388 g/mol. The van der Waals surface area contributed by atoms with Crippen molar-refractivity contribution in [3.05, 3.63) is 24.3 Å². The summed E-state index contributed by atoms with van der Waals surface area (Å²) in [5, 5.41) is -1.46. The molecule has 1 aromatic carbocycles. The molecule has 1 spiro atoms. The molecule has 2 aliphatic rings. The topological polar surface area (TPSA) is 24.9 Å². The molecule has 20 heavy (non-hydrogen) atoms. The summed E-state index contributed by atoms with van der Waals surface area (Å²) < 4.78 is 12.9. The van der Waals surface area contributed by atoms with Crippen LogP contribution in [0.1, 0.15) is 0 Å². The van der Waals surface area contributed by atoms with E-state index in [0.717, 1.165) is 0 Å². The number of fused-ring (bicyclic) bond motifs is 1. The van der Waals surface area contributed by atoms with Crippen LogP contribution in [0.5, 0.6) is 11.5 Å². The first-order valence-corrected chi connectivity index (χ1v) is 9.91. The minimum absolute atomic E-state index is 0.530. The molecule has 1 aromatic rings. The van der Waals surface area contributed by atoms with Crippen LogP contribution in [0.4, 0.5) is 0 Å². The zero-order chi connectivity index (χ0) is 15.0. The molecule has 4 nitrogen and oxygen atoms in total. The van der Waals surface area contributed by atoms with Crippen molar-refractivity contribution in [2.24, 2.45) is 0 Å². The monoisotopic (exact) mass is 396 g/mol. The van der Waals surface area contributed by atoms with Crippen molar-refractivity contribution < 1.29 is 9.05 Å². The van der Waals surface area contributed by atoms with Crippen LogP contribution in [0.2, 0.25) is 0 Å². The first kappa shape index (κ1) is 15.5. The number of hydrogen-bond acceptors (Lipinski definition) is 4. The molecule has 0 aromatic heterocycles. The van der Waals surface area contributed by atoms with E-state index in [2.05, 4.69) is 0 Å². The van der Waals surface area contributed by atoms with Crippen molar-refractivity contribution in [2.75, 3.05) is 14.1 Å². The van der Waals surface area contributed by atoms with Crippen molar-refractivity contribution in [1.82, 2.24) is 9.34 Å². The third kappa shape index (κ3) is 1.57. The summed E-state index contributed by atoms with van der Waals surface area (Å²) in [6.45, 7) is -3.87. The van der Waals surface area contributed by atoms with E-state index < -0.39 is 15.6 Å². The fourth-order valence-corrected chi connectivity index (χ4v) is 8.83. The Bertz CT molecular complexity index is 556. The second-order valence-electron chi connectivity index (χ2n) is 4.54. The first-order chi connectivity index (χ1) is 9.04. The van der Waals surface area contributed by atoms with Gasteiger partial charge in [-0.2, -0.15) is 0 Å². The zero-order valence-corrected chi connectivity index (χ0v) is 15.0. The average molecular weight is 398 g/mol. The second kappa shape index (κ2) is 4.12. The third-order valence-electron chi connectivity index (χ3n) is 3.56. The van der Waals surface area contributed by atoms with E-state index in [4.69, 9.17) is 66.7 Å². The molecule has 3 rings (SSSR count). The number of benzene rings is 1. The fraction of sp³-hybridized carbons (Fsp3) is 0.400. The molecule has 1 saturated heterocycles. The van der Waals surface area contributed by atoms with Gasteiger partial charge in [0.05, 0.1) is 0 Å². The Balaban J connectivity index is 2.06. The summed E-state index contributed by atoms with van der Waals surface area (Å²) in [7, 11) is 3.21. The van der Waals surface area contributed by atoms with Gasteiger partial charge in [0.15, 0.2) is 0 Å². The van der Waals surface area contributed by atoms with Crippen LogP contribution >= 0.6 is 64.4 Å². The van der Waals surface area contributed by atoms with E-state index in [9.17, 15) is 0 Å². The number of halogens is 5. The normalized spacial score (nSPS) is 33.5.